The first-order valence-corrected chi connectivity index (χ1v) is 7.44. The molecule has 1 fully saturated rings. The Morgan fingerprint density at radius 3 is 2.30 bits per heavy atom. The number of morpholine rings is 1. The first-order valence-electron chi connectivity index (χ1n) is 7.44. The maximum absolute atomic E-state index is 11.8. The quantitative estimate of drug-likeness (QED) is 0.840. The third-order valence-electron chi connectivity index (χ3n) is 3.62. The summed E-state index contributed by atoms with van der Waals surface area (Å²) in [4.78, 5) is 14.2. The van der Waals surface area contributed by atoms with E-state index in [0.29, 0.717) is 0 Å². The normalized spacial score (nSPS) is 15.3. The predicted molar refractivity (Wildman–Crippen MR) is 98.8 cm³/mol. The first-order chi connectivity index (χ1) is 9.95. The fourth-order valence-corrected chi connectivity index (χ4v) is 2.16. The summed E-state index contributed by atoms with van der Waals surface area (Å²) >= 11 is 0. The number of nitrogens with two attached hydrogens (primary N) is 1. The highest BCUT2D eigenvalue weighted by atomic mass is 35.5. The highest BCUT2D eigenvalue weighted by Gasteiger charge is 2.21. The summed E-state index contributed by atoms with van der Waals surface area (Å²) in [5.74, 6) is -0.177. The SMILES string of the molecule is CC(C)(N)C(=O)Nc1ccc(CCN2CCOCC2)cc1.Cl.Cl. The van der Waals surface area contributed by atoms with E-state index < -0.39 is 5.54 Å². The molecular formula is C16H27Cl2N3O2. The van der Waals surface area contributed by atoms with Crippen LogP contribution in [0, 0.1) is 0 Å². The van der Waals surface area contributed by atoms with Gasteiger partial charge in [0.15, 0.2) is 0 Å². The Morgan fingerprint density at radius 1 is 1.22 bits per heavy atom. The van der Waals surface area contributed by atoms with Crippen LogP contribution in [-0.4, -0.2) is 49.2 Å². The van der Waals surface area contributed by atoms with Crippen molar-refractivity contribution >= 4 is 36.4 Å². The van der Waals surface area contributed by atoms with E-state index in [1.54, 1.807) is 13.8 Å². The topological polar surface area (TPSA) is 67.6 Å². The van der Waals surface area contributed by atoms with Gasteiger partial charge < -0.3 is 15.8 Å². The average molecular weight is 364 g/mol. The lowest BCUT2D eigenvalue weighted by Crippen LogP contribution is -2.45. The number of nitrogens with zero attached hydrogens (tertiary/aromatic N) is 1. The lowest BCUT2D eigenvalue weighted by molar-refractivity contribution is -0.120. The standard InChI is InChI=1S/C16H25N3O2.2ClH/c1-16(2,17)15(20)18-14-5-3-13(4-6-14)7-8-19-9-11-21-12-10-19;;/h3-6H,7-12,17H2,1-2H3,(H,18,20);2*1H. The molecule has 1 aromatic rings. The molecule has 23 heavy (non-hydrogen) atoms. The van der Waals surface area contributed by atoms with E-state index in [2.05, 4.69) is 22.3 Å². The van der Waals surface area contributed by atoms with Crippen LogP contribution in [0.1, 0.15) is 19.4 Å². The van der Waals surface area contributed by atoms with Crippen LogP contribution in [0.25, 0.3) is 0 Å². The highest BCUT2D eigenvalue weighted by molar-refractivity contribution is 5.97. The number of nitrogens with one attached hydrogen (secondary N) is 1. The number of hydrogen-bond acceptors (Lipinski definition) is 4. The molecule has 0 aliphatic carbocycles. The van der Waals surface area contributed by atoms with Gasteiger partial charge in [0, 0.05) is 25.3 Å². The average Bonchev–Trinajstić information content (AvgIpc) is 2.46. The lowest BCUT2D eigenvalue weighted by atomic mass is 10.1. The second-order valence-corrected chi connectivity index (χ2v) is 6.08. The van der Waals surface area contributed by atoms with Crippen molar-refractivity contribution in [2.75, 3.05) is 38.2 Å². The van der Waals surface area contributed by atoms with Crippen LogP contribution in [0.5, 0.6) is 0 Å². The zero-order valence-electron chi connectivity index (χ0n) is 13.7. The molecule has 1 amide bonds. The van der Waals surface area contributed by atoms with Crippen LogP contribution in [0.15, 0.2) is 24.3 Å². The molecule has 2 rings (SSSR count). The van der Waals surface area contributed by atoms with Gasteiger partial charge in [-0.1, -0.05) is 12.1 Å². The largest absolute Gasteiger partial charge is 0.379 e. The third-order valence-corrected chi connectivity index (χ3v) is 3.62. The lowest BCUT2D eigenvalue weighted by Gasteiger charge is -2.26. The van der Waals surface area contributed by atoms with Crippen molar-refractivity contribution in [1.29, 1.82) is 0 Å². The molecule has 0 atom stereocenters. The number of carbonyl (C=O) groups is 1. The maximum Gasteiger partial charge on any atom is 0.243 e. The number of hydrogen-bond donors (Lipinski definition) is 2. The highest BCUT2D eigenvalue weighted by Crippen LogP contribution is 2.12. The molecule has 7 heteroatoms. The summed E-state index contributed by atoms with van der Waals surface area (Å²) in [6.07, 6.45) is 1.01. The van der Waals surface area contributed by atoms with Crippen LogP contribution in [-0.2, 0) is 16.0 Å². The van der Waals surface area contributed by atoms with E-state index in [0.717, 1.165) is 45.0 Å². The van der Waals surface area contributed by atoms with Crippen LogP contribution >= 0.6 is 24.8 Å². The number of amides is 1. The molecule has 5 nitrogen and oxygen atoms in total. The fourth-order valence-electron chi connectivity index (χ4n) is 2.16. The molecule has 0 spiro atoms. The van der Waals surface area contributed by atoms with Crippen LogP contribution in [0.3, 0.4) is 0 Å². The molecule has 1 heterocycles. The van der Waals surface area contributed by atoms with Crippen molar-refractivity contribution in [3.63, 3.8) is 0 Å². The van der Waals surface area contributed by atoms with Crippen molar-refractivity contribution in [2.45, 2.75) is 25.8 Å². The molecule has 1 aliphatic rings. The zero-order valence-corrected chi connectivity index (χ0v) is 15.3. The zero-order chi connectivity index (χ0) is 15.3. The monoisotopic (exact) mass is 363 g/mol. The Balaban J connectivity index is 0.00000242. The van der Waals surface area contributed by atoms with Gasteiger partial charge in [-0.3, -0.25) is 9.69 Å². The molecule has 1 aromatic carbocycles. The fraction of sp³-hybridized carbons (Fsp3) is 0.562. The second kappa shape index (κ2) is 10.1. The Labute approximate surface area is 150 Å². The van der Waals surface area contributed by atoms with Crippen molar-refractivity contribution in [2.24, 2.45) is 5.73 Å². The van der Waals surface area contributed by atoms with Gasteiger partial charge in [-0.2, -0.15) is 0 Å². The number of halogens is 2. The van der Waals surface area contributed by atoms with Gasteiger partial charge in [0.05, 0.1) is 18.8 Å². The summed E-state index contributed by atoms with van der Waals surface area (Å²) < 4.78 is 5.34. The van der Waals surface area contributed by atoms with Gasteiger partial charge in [0.1, 0.15) is 0 Å². The maximum atomic E-state index is 11.8. The van der Waals surface area contributed by atoms with Gasteiger partial charge in [-0.15, -0.1) is 24.8 Å². The van der Waals surface area contributed by atoms with E-state index in [9.17, 15) is 4.79 Å². The van der Waals surface area contributed by atoms with Crippen molar-refractivity contribution in [3.8, 4) is 0 Å². The summed E-state index contributed by atoms with van der Waals surface area (Å²) in [6, 6.07) is 7.97. The molecular weight excluding hydrogens is 337 g/mol. The Kier molecular flexibility index (Phi) is 9.73. The molecule has 132 valence electrons. The number of anilines is 1. The molecule has 1 aliphatic heterocycles. The van der Waals surface area contributed by atoms with E-state index >= 15 is 0 Å². The number of benzene rings is 1. The molecule has 0 radical (unpaired) electrons. The molecule has 0 saturated carbocycles. The second-order valence-electron chi connectivity index (χ2n) is 6.08. The van der Waals surface area contributed by atoms with Crippen molar-refractivity contribution < 1.29 is 9.53 Å². The van der Waals surface area contributed by atoms with Crippen molar-refractivity contribution in [3.05, 3.63) is 29.8 Å². The van der Waals surface area contributed by atoms with Gasteiger partial charge in [0.2, 0.25) is 5.91 Å². The van der Waals surface area contributed by atoms with Crippen molar-refractivity contribution in [1.82, 2.24) is 4.90 Å². The van der Waals surface area contributed by atoms with E-state index in [-0.39, 0.29) is 30.7 Å². The molecule has 3 N–H and O–H groups in total. The van der Waals surface area contributed by atoms with Crippen LogP contribution in [0.2, 0.25) is 0 Å². The van der Waals surface area contributed by atoms with Crippen LogP contribution < -0.4 is 11.1 Å². The Morgan fingerprint density at radius 2 is 1.78 bits per heavy atom. The third kappa shape index (κ3) is 7.50. The van der Waals surface area contributed by atoms with Crippen LogP contribution in [0.4, 0.5) is 5.69 Å². The number of ether oxygens (including phenoxy) is 1. The summed E-state index contributed by atoms with van der Waals surface area (Å²) in [5.41, 5.74) is 6.95. The molecule has 0 unspecified atom stereocenters. The number of carbonyl (C=O) groups excluding carboxylic acids is 1. The summed E-state index contributed by atoms with van der Waals surface area (Å²) in [7, 11) is 0. The van der Waals surface area contributed by atoms with Gasteiger partial charge in [-0.05, 0) is 38.0 Å². The smallest absolute Gasteiger partial charge is 0.243 e. The van der Waals surface area contributed by atoms with Gasteiger partial charge >= 0.3 is 0 Å². The van der Waals surface area contributed by atoms with E-state index in [4.69, 9.17) is 10.5 Å². The van der Waals surface area contributed by atoms with Gasteiger partial charge in [0.25, 0.3) is 0 Å². The summed E-state index contributed by atoms with van der Waals surface area (Å²) in [6.45, 7) is 8.13. The van der Waals surface area contributed by atoms with Gasteiger partial charge in [-0.25, -0.2) is 0 Å². The minimum absolute atomic E-state index is 0. The van der Waals surface area contributed by atoms with E-state index in [1.165, 1.54) is 5.56 Å². The van der Waals surface area contributed by atoms with E-state index in [1.807, 2.05) is 12.1 Å². The number of rotatable bonds is 5. The predicted octanol–water partition coefficient (Wildman–Crippen LogP) is 2.08. The molecule has 1 saturated heterocycles. The molecule has 0 bridgehead atoms. The Hall–Kier alpha value is -0.850. The first kappa shape index (κ1) is 22.1. The minimum Gasteiger partial charge on any atom is -0.379 e. The Bertz CT molecular complexity index is 469. The molecule has 0 aromatic heterocycles. The minimum atomic E-state index is -0.866. The summed E-state index contributed by atoms with van der Waals surface area (Å²) in [5, 5.41) is 2.82.